The second-order valence-electron chi connectivity index (χ2n) is 7.17. The van der Waals surface area contributed by atoms with Gasteiger partial charge in [-0.25, -0.2) is 28.1 Å². The number of aryl methyl sites for hydroxylation is 3. The number of hydrogen-bond acceptors (Lipinski definition) is 8. The van der Waals surface area contributed by atoms with Crippen LogP contribution in [-0.4, -0.2) is 35.0 Å². The number of pyridine rings is 1. The molecule has 1 aromatic carbocycles. The first-order valence-corrected chi connectivity index (χ1v) is 12.4. The van der Waals surface area contributed by atoms with Gasteiger partial charge < -0.3 is 5.32 Å². The van der Waals surface area contributed by atoms with Crippen LogP contribution < -0.4 is 10.0 Å². The van der Waals surface area contributed by atoms with Crippen LogP contribution in [0.15, 0.2) is 52.4 Å². The van der Waals surface area contributed by atoms with Crippen molar-refractivity contribution < 1.29 is 13.2 Å². The number of sulfonamides is 1. The first kappa shape index (κ1) is 24.2. The van der Waals surface area contributed by atoms with Crippen LogP contribution >= 0.6 is 11.8 Å². The van der Waals surface area contributed by atoms with Gasteiger partial charge in [0.05, 0.1) is 10.5 Å². The number of hydrogen-bond donors (Lipinski definition) is 2. The van der Waals surface area contributed by atoms with Gasteiger partial charge in [-0.3, -0.25) is 4.79 Å². The molecule has 0 aliphatic rings. The third kappa shape index (κ3) is 6.74. The van der Waals surface area contributed by atoms with E-state index in [9.17, 15) is 13.2 Å². The first-order chi connectivity index (χ1) is 15.7. The number of amides is 1. The topological polar surface area (TPSA) is 138 Å². The number of carbonyl (C=O) groups is 1. The van der Waals surface area contributed by atoms with Crippen molar-refractivity contribution in [2.45, 2.75) is 37.1 Å². The Morgan fingerprint density at radius 3 is 2.30 bits per heavy atom. The summed E-state index contributed by atoms with van der Waals surface area (Å²) in [4.78, 5) is 24.8. The van der Waals surface area contributed by atoms with E-state index >= 15 is 0 Å². The summed E-state index contributed by atoms with van der Waals surface area (Å²) in [6, 6.07) is 13.1. The van der Waals surface area contributed by atoms with Crippen LogP contribution in [0.3, 0.4) is 0 Å². The van der Waals surface area contributed by atoms with Crippen molar-refractivity contribution >= 4 is 39.3 Å². The molecule has 0 bridgehead atoms. The van der Waals surface area contributed by atoms with Gasteiger partial charge in [0.2, 0.25) is 11.9 Å². The Hall–Kier alpha value is -3.49. The SMILES string of the molecule is Cc1cc(C)nc(NS(=O)(=O)c2ccc(NC(=O)CCSc3nc(C)ccc3C#N)cc2)n1. The Kier molecular flexibility index (Phi) is 7.63. The van der Waals surface area contributed by atoms with Gasteiger partial charge in [0.15, 0.2) is 0 Å². The Bertz CT molecular complexity index is 1300. The van der Waals surface area contributed by atoms with Gasteiger partial charge in [0.25, 0.3) is 10.0 Å². The lowest BCUT2D eigenvalue weighted by Gasteiger charge is -2.09. The Morgan fingerprint density at radius 1 is 1.00 bits per heavy atom. The van der Waals surface area contributed by atoms with Gasteiger partial charge in [-0.05, 0) is 63.2 Å². The molecular weight excluding hydrogens is 460 g/mol. The van der Waals surface area contributed by atoms with Crippen molar-refractivity contribution in [3.05, 3.63) is 65.1 Å². The number of nitrogens with one attached hydrogen (secondary N) is 2. The maximum absolute atomic E-state index is 12.6. The molecule has 0 aliphatic heterocycles. The zero-order valence-electron chi connectivity index (χ0n) is 18.3. The van der Waals surface area contributed by atoms with Crippen LogP contribution in [0.1, 0.15) is 29.1 Å². The third-order valence-electron chi connectivity index (χ3n) is 4.34. The summed E-state index contributed by atoms with van der Waals surface area (Å²) in [6.07, 6.45) is 0.205. The molecule has 170 valence electrons. The number of anilines is 2. The molecule has 0 radical (unpaired) electrons. The molecule has 3 aromatic rings. The van der Waals surface area contributed by atoms with Gasteiger partial charge in [-0.15, -0.1) is 11.8 Å². The zero-order valence-corrected chi connectivity index (χ0v) is 19.9. The smallest absolute Gasteiger partial charge is 0.264 e. The van der Waals surface area contributed by atoms with Crippen LogP contribution in [0.2, 0.25) is 0 Å². The van der Waals surface area contributed by atoms with Crippen LogP contribution in [0.5, 0.6) is 0 Å². The average Bonchev–Trinajstić information content (AvgIpc) is 2.73. The number of carbonyl (C=O) groups excluding carboxylic acids is 1. The molecule has 2 aromatic heterocycles. The van der Waals surface area contributed by atoms with Crippen molar-refractivity contribution in [2.24, 2.45) is 0 Å². The van der Waals surface area contributed by atoms with E-state index in [-0.39, 0.29) is 23.2 Å². The van der Waals surface area contributed by atoms with E-state index < -0.39 is 10.0 Å². The Balaban J connectivity index is 1.57. The molecule has 3 rings (SSSR count). The molecule has 9 nitrogen and oxygen atoms in total. The standard InChI is InChI=1S/C22H22N6O3S2/c1-14-4-5-17(13-23)21(24-14)32-11-10-20(29)27-18-6-8-19(9-7-18)33(30,31)28-22-25-15(2)12-16(3)26-22/h4-9,12H,10-11H2,1-3H3,(H,27,29)(H,25,26,28). The molecule has 0 aliphatic carbocycles. The molecule has 33 heavy (non-hydrogen) atoms. The quantitative estimate of drug-likeness (QED) is 0.465. The molecule has 0 saturated carbocycles. The van der Waals surface area contributed by atoms with E-state index in [4.69, 9.17) is 5.26 Å². The highest BCUT2D eigenvalue weighted by atomic mass is 32.2. The van der Waals surface area contributed by atoms with E-state index in [1.807, 2.05) is 6.92 Å². The maximum Gasteiger partial charge on any atom is 0.264 e. The summed E-state index contributed by atoms with van der Waals surface area (Å²) in [7, 11) is -3.87. The summed E-state index contributed by atoms with van der Waals surface area (Å²) < 4.78 is 27.6. The van der Waals surface area contributed by atoms with Crippen LogP contribution in [-0.2, 0) is 14.8 Å². The van der Waals surface area contributed by atoms with E-state index in [2.05, 4.69) is 31.1 Å². The average molecular weight is 483 g/mol. The molecule has 0 unspecified atom stereocenters. The predicted molar refractivity (Wildman–Crippen MR) is 126 cm³/mol. The minimum absolute atomic E-state index is 0.00466. The van der Waals surface area contributed by atoms with Gasteiger partial charge in [-0.1, -0.05) is 0 Å². The number of rotatable bonds is 8. The molecule has 0 spiro atoms. The van der Waals surface area contributed by atoms with E-state index in [1.165, 1.54) is 36.0 Å². The Labute approximate surface area is 196 Å². The summed E-state index contributed by atoms with van der Waals surface area (Å²) >= 11 is 1.34. The fraction of sp³-hybridized carbons (Fsp3) is 0.227. The van der Waals surface area contributed by atoms with E-state index in [1.54, 1.807) is 32.0 Å². The van der Waals surface area contributed by atoms with E-state index in [0.717, 1.165) is 5.69 Å². The molecule has 0 atom stereocenters. The molecule has 0 fully saturated rings. The zero-order chi connectivity index (χ0) is 24.0. The lowest BCUT2D eigenvalue weighted by molar-refractivity contribution is -0.115. The Morgan fingerprint density at radius 2 is 1.67 bits per heavy atom. The first-order valence-electron chi connectivity index (χ1n) is 9.92. The molecule has 2 N–H and O–H groups in total. The number of thioether (sulfide) groups is 1. The molecule has 11 heteroatoms. The highest BCUT2D eigenvalue weighted by Gasteiger charge is 2.16. The van der Waals surface area contributed by atoms with Crippen molar-refractivity contribution in [1.29, 1.82) is 5.26 Å². The van der Waals surface area contributed by atoms with Crippen LogP contribution in [0.25, 0.3) is 0 Å². The fourth-order valence-electron chi connectivity index (χ4n) is 2.86. The molecule has 2 heterocycles. The normalized spacial score (nSPS) is 11.0. The highest BCUT2D eigenvalue weighted by molar-refractivity contribution is 7.99. The second kappa shape index (κ2) is 10.4. The monoisotopic (exact) mass is 482 g/mol. The number of nitriles is 1. The number of benzene rings is 1. The summed E-state index contributed by atoms with van der Waals surface area (Å²) in [6.45, 7) is 5.34. The third-order valence-corrected chi connectivity index (χ3v) is 6.68. The number of nitrogens with zero attached hydrogens (tertiary/aromatic N) is 4. The lowest BCUT2D eigenvalue weighted by Crippen LogP contribution is -2.16. The largest absolute Gasteiger partial charge is 0.326 e. The van der Waals surface area contributed by atoms with Crippen molar-refractivity contribution in [3.63, 3.8) is 0 Å². The van der Waals surface area contributed by atoms with Crippen molar-refractivity contribution in [3.8, 4) is 6.07 Å². The maximum atomic E-state index is 12.6. The van der Waals surface area contributed by atoms with Gasteiger partial charge in [0, 0.05) is 34.9 Å². The second-order valence-corrected chi connectivity index (χ2v) is 9.93. The van der Waals surface area contributed by atoms with Crippen LogP contribution in [0.4, 0.5) is 11.6 Å². The minimum atomic E-state index is -3.87. The summed E-state index contributed by atoms with van der Waals surface area (Å²) in [5.41, 5.74) is 3.05. The minimum Gasteiger partial charge on any atom is -0.326 e. The highest BCUT2D eigenvalue weighted by Crippen LogP contribution is 2.22. The molecule has 1 amide bonds. The van der Waals surface area contributed by atoms with Crippen molar-refractivity contribution in [2.75, 3.05) is 15.8 Å². The van der Waals surface area contributed by atoms with E-state index in [0.29, 0.717) is 33.4 Å². The van der Waals surface area contributed by atoms with Crippen LogP contribution in [0, 0.1) is 32.1 Å². The lowest BCUT2D eigenvalue weighted by atomic mass is 10.3. The van der Waals surface area contributed by atoms with Gasteiger partial charge in [0.1, 0.15) is 11.1 Å². The van der Waals surface area contributed by atoms with Gasteiger partial charge in [-0.2, -0.15) is 5.26 Å². The summed E-state index contributed by atoms with van der Waals surface area (Å²) in [5.74, 6) is 0.222. The fourth-order valence-corrected chi connectivity index (χ4v) is 4.76. The van der Waals surface area contributed by atoms with Gasteiger partial charge >= 0.3 is 0 Å². The number of aromatic nitrogens is 3. The molecule has 0 saturated heterocycles. The van der Waals surface area contributed by atoms with Crippen molar-refractivity contribution in [1.82, 2.24) is 15.0 Å². The molecular formula is C22H22N6O3S2. The summed E-state index contributed by atoms with van der Waals surface area (Å²) in [5, 5.41) is 12.5. The predicted octanol–water partition coefficient (Wildman–Crippen LogP) is 3.59.